The zero-order valence-electron chi connectivity index (χ0n) is 10.3. The zero-order valence-corrected chi connectivity index (χ0v) is 10.3. The maximum atomic E-state index is 13.1. The van der Waals surface area contributed by atoms with Crippen molar-refractivity contribution in [2.45, 2.75) is 0 Å². The molecule has 0 amide bonds. The summed E-state index contributed by atoms with van der Waals surface area (Å²) in [6, 6.07) is 6.23. The summed E-state index contributed by atoms with van der Waals surface area (Å²) in [4.78, 5) is 8.39. The van der Waals surface area contributed by atoms with Crippen LogP contribution in [-0.2, 0) is 0 Å². The topological polar surface area (TPSA) is 47.0 Å². The quantitative estimate of drug-likeness (QED) is 0.910. The van der Waals surface area contributed by atoms with Gasteiger partial charge in [-0.25, -0.2) is 14.4 Å². The Labute approximate surface area is 110 Å². The molecule has 0 aliphatic carbocycles. The molecule has 1 aromatic heterocycles. The van der Waals surface area contributed by atoms with Crippen LogP contribution in [0.25, 0.3) is 11.4 Å². The number of nitrogens with zero attached hydrogens (tertiary/aromatic N) is 2. The van der Waals surface area contributed by atoms with Gasteiger partial charge in [0.1, 0.15) is 5.82 Å². The molecule has 4 nitrogen and oxygen atoms in total. The number of aromatic nitrogens is 2. The van der Waals surface area contributed by atoms with Gasteiger partial charge in [0, 0.05) is 24.6 Å². The van der Waals surface area contributed by atoms with Crippen LogP contribution in [-0.4, -0.2) is 29.7 Å². The second-order valence-corrected chi connectivity index (χ2v) is 4.59. The number of hydrogen-bond donors (Lipinski definition) is 1. The maximum Gasteiger partial charge on any atom is 0.159 e. The summed E-state index contributed by atoms with van der Waals surface area (Å²) in [7, 11) is 0. The Balaban J connectivity index is 1.67. The van der Waals surface area contributed by atoms with Crippen molar-refractivity contribution >= 4 is 0 Å². The molecular weight excluding hydrogens is 245 g/mol. The summed E-state index contributed by atoms with van der Waals surface area (Å²) in [5.41, 5.74) is 0.662. The predicted octanol–water partition coefficient (Wildman–Crippen LogP) is 1.88. The normalized spacial score (nSPS) is 15.0. The molecular formula is C14H14FN3O. The van der Waals surface area contributed by atoms with Gasteiger partial charge in [-0.2, -0.15) is 0 Å². The van der Waals surface area contributed by atoms with Gasteiger partial charge in [0.2, 0.25) is 0 Å². The Morgan fingerprint density at radius 1 is 1.26 bits per heavy atom. The predicted molar refractivity (Wildman–Crippen MR) is 69.3 cm³/mol. The van der Waals surface area contributed by atoms with Gasteiger partial charge in [-0.3, -0.25) is 0 Å². The number of hydrogen-bond acceptors (Lipinski definition) is 4. The van der Waals surface area contributed by atoms with Crippen molar-refractivity contribution in [1.82, 2.24) is 15.3 Å². The number of ether oxygens (including phenoxy) is 1. The molecule has 0 atom stereocenters. The van der Waals surface area contributed by atoms with Gasteiger partial charge in [-0.15, -0.1) is 0 Å². The van der Waals surface area contributed by atoms with Crippen LogP contribution >= 0.6 is 0 Å². The number of halogens is 1. The summed E-state index contributed by atoms with van der Waals surface area (Å²) in [6.07, 6.45) is 3.25. The molecule has 1 saturated heterocycles. The number of rotatable bonds is 4. The highest BCUT2D eigenvalue weighted by atomic mass is 19.1. The lowest BCUT2D eigenvalue weighted by Crippen LogP contribution is -2.45. The van der Waals surface area contributed by atoms with Crippen LogP contribution in [0.15, 0.2) is 36.7 Å². The molecule has 1 aliphatic heterocycles. The second kappa shape index (κ2) is 5.32. The lowest BCUT2D eigenvalue weighted by molar-refractivity contribution is 0.198. The van der Waals surface area contributed by atoms with Gasteiger partial charge in [0.15, 0.2) is 11.6 Å². The van der Waals surface area contributed by atoms with Crippen LogP contribution in [0.1, 0.15) is 0 Å². The molecule has 3 rings (SSSR count). The van der Waals surface area contributed by atoms with Crippen molar-refractivity contribution in [2.24, 2.45) is 5.92 Å². The van der Waals surface area contributed by atoms with Crippen LogP contribution in [0.5, 0.6) is 5.75 Å². The summed E-state index contributed by atoms with van der Waals surface area (Å²) in [5, 5.41) is 3.19. The largest absolute Gasteiger partial charge is 0.490 e. The highest BCUT2D eigenvalue weighted by Crippen LogP contribution is 2.18. The summed E-state index contributed by atoms with van der Waals surface area (Å²) in [5.74, 6) is 1.42. The number of benzene rings is 1. The first kappa shape index (κ1) is 12.0. The molecule has 5 heteroatoms. The fraction of sp³-hybridized carbons (Fsp3) is 0.286. The first-order valence-electron chi connectivity index (χ1n) is 6.23. The van der Waals surface area contributed by atoms with E-state index in [4.69, 9.17) is 4.74 Å². The van der Waals surface area contributed by atoms with E-state index in [9.17, 15) is 4.39 Å². The number of nitrogens with one attached hydrogen (secondary N) is 1. The standard InChI is InChI=1S/C14H14FN3O/c15-12-3-1-2-11(4-12)14-17-7-13(8-18-14)19-9-10-5-16-6-10/h1-4,7-8,10,16H,5-6,9H2. The summed E-state index contributed by atoms with van der Waals surface area (Å²) < 4.78 is 18.7. The molecule has 98 valence electrons. The maximum absolute atomic E-state index is 13.1. The average Bonchev–Trinajstić information content (AvgIpc) is 2.38. The molecule has 1 aromatic carbocycles. The van der Waals surface area contributed by atoms with Crippen LogP contribution in [0, 0.1) is 11.7 Å². The fourth-order valence-corrected chi connectivity index (χ4v) is 1.85. The van der Waals surface area contributed by atoms with Crippen LogP contribution in [0.3, 0.4) is 0 Å². The third-order valence-corrected chi connectivity index (χ3v) is 3.06. The monoisotopic (exact) mass is 259 g/mol. The van der Waals surface area contributed by atoms with Crippen LogP contribution < -0.4 is 10.1 Å². The minimum atomic E-state index is -0.293. The van der Waals surface area contributed by atoms with Crippen LogP contribution in [0.4, 0.5) is 4.39 Å². The lowest BCUT2D eigenvalue weighted by Gasteiger charge is -2.26. The molecule has 0 bridgehead atoms. The Kier molecular flexibility index (Phi) is 3.37. The van der Waals surface area contributed by atoms with E-state index in [1.54, 1.807) is 24.5 Å². The molecule has 2 heterocycles. The Hall–Kier alpha value is -2.01. The lowest BCUT2D eigenvalue weighted by atomic mass is 10.1. The molecule has 2 aromatic rings. The molecule has 1 N–H and O–H groups in total. The van der Waals surface area contributed by atoms with Crippen molar-refractivity contribution < 1.29 is 9.13 Å². The van der Waals surface area contributed by atoms with E-state index in [2.05, 4.69) is 15.3 Å². The van der Waals surface area contributed by atoms with E-state index in [0.29, 0.717) is 29.7 Å². The molecule has 0 saturated carbocycles. The Bertz CT molecular complexity index is 555. The van der Waals surface area contributed by atoms with Crippen molar-refractivity contribution in [1.29, 1.82) is 0 Å². The van der Waals surface area contributed by atoms with Gasteiger partial charge in [-0.05, 0) is 12.1 Å². The van der Waals surface area contributed by atoms with Crippen LogP contribution in [0.2, 0.25) is 0 Å². The Morgan fingerprint density at radius 3 is 2.68 bits per heavy atom. The smallest absolute Gasteiger partial charge is 0.159 e. The molecule has 1 fully saturated rings. The van der Waals surface area contributed by atoms with E-state index >= 15 is 0 Å². The SMILES string of the molecule is Fc1cccc(-c2ncc(OCC3CNC3)cn2)c1. The van der Waals surface area contributed by atoms with Crippen molar-refractivity contribution in [3.8, 4) is 17.1 Å². The third kappa shape index (κ3) is 2.88. The first-order chi connectivity index (χ1) is 9.31. The molecule has 1 aliphatic rings. The van der Waals surface area contributed by atoms with Gasteiger partial charge in [-0.1, -0.05) is 12.1 Å². The molecule has 0 radical (unpaired) electrons. The van der Waals surface area contributed by atoms with E-state index < -0.39 is 0 Å². The molecule has 0 unspecified atom stereocenters. The minimum Gasteiger partial charge on any atom is -0.490 e. The van der Waals surface area contributed by atoms with Gasteiger partial charge < -0.3 is 10.1 Å². The first-order valence-corrected chi connectivity index (χ1v) is 6.23. The summed E-state index contributed by atoms with van der Waals surface area (Å²) >= 11 is 0. The van der Waals surface area contributed by atoms with E-state index in [1.807, 2.05) is 0 Å². The fourth-order valence-electron chi connectivity index (χ4n) is 1.85. The van der Waals surface area contributed by atoms with Crippen molar-refractivity contribution in [3.05, 3.63) is 42.5 Å². The zero-order chi connectivity index (χ0) is 13.1. The van der Waals surface area contributed by atoms with Gasteiger partial charge >= 0.3 is 0 Å². The third-order valence-electron chi connectivity index (χ3n) is 3.06. The van der Waals surface area contributed by atoms with E-state index in [0.717, 1.165) is 13.1 Å². The minimum absolute atomic E-state index is 0.293. The van der Waals surface area contributed by atoms with Gasteiger partial charge in [0.25, 0.3) is 0 Å². The highest BCUT2D eigenvalue weighted by molar-refractivity contribution is 5.54. The Morgan fingerprint density at radius 2 is 2.05 bits per heavy atom. The average molecular weight is 259 g/mol. The highest BCUT2D eigenvalue weighted by Gasteiger charge is 2.17. The summed E-state index contributed by atoms with van der Waals surface area (Å²) in [6.45, 7) is 2.68. The van der Waals surface area contributed by atoms with E-state index in [1.165, 1.54) is 12.1 Å². The molecule has 19 heavy (non-hydrogen) atoms. The van der Waals surface area contributed by atoms with E-state index in [-0.39, 0.29) is 5.82 Å². The molecule has 0 spiro atoms. The second-order valence-electron chi connectivity index (χ2n) is 4.59. The van der Waals surface area contributed by atoms with Crippen molar-refractivity contribution in [2.75, 3.05) is 19.7 Å². The van der Waals surface area contributed by atoms with Gasteiger partial charge in [0.05, 0.1) is 19.0 Å². The van der Waals surface area contributed by atoms with Crippen molar-refractivity contribution in [3.63, 3.8) is 0 Å².